The lowest BCUT2D eigenvalue weighted by Gasteiger charge is -2.08. The van der Waals surface area contributed by atoms with Crippen molar-refractivity contribution >= 4 is 33.0 Å². The van der Waals surface area contributed by atoms with Crippen LogP contribution in [0.3, 0.4) is 0 Å². The topological polar surface area (TPSA) is 83.7 Å². The van der Waals surface area contributed by atoms with Gasteiger partial charge in [0, 0.05) is 5.02 Å². The zero-order valence-electron chi connectivity index (χ0n) is 15.4. The van der Waals surface area contributed by atoms with Crippen LogP contribution < -0.4 is 10.1 Å². The first-order valence-electron chi connectivity index (χ1n) is 8.54. The van der Waals surface area contributed by atoms with Crippen LogP contribution >= 0.6 is 11.6 Å². The van der Waals surface area contributed by atoms with Gasteiger partial charge in [-0.15, -0.1) is 0 Å². The molecule has 0 aliphatic carbocycles. The summed E-state index contributed by atoms with van der Waals surface area (Å²) >= 11 is 6.11. The van der Waals surface area contributed by atoms with Crippen molar-refractivity contribution in [2.75, 3.05) is 5.43 Å². The minimum Gasteiger partial charge on any atom is -0.468 e. The molecule has 1 heterocycles. The minimum absolute atomic E-state index is 0.0978. The van der Waals surface area contributed by atoms with E-state index in [1.54, 1.807) is 42.5 Å². The van der Waals surface area contributed by atoms with Crippen molar-refractivity contribution in [3.05, 3.63) is 82.8 Å². The van der Waals surface area contributed by atoms with Gasteiger partial charge >= 0.3 is 0 Å². The second-order valence-electron chi connectivity index (χ2n) is 6.20. The highest BCUT2D eigenvalue weighted by Gasteiger charge is 2.14. The van der Waals surface area contributed by atoms with Crippen LogP contribution in [0.4, 0.5) is 5.69 Å². The first kappa shape index (κ1) is 20.1. The molecule has 0 unspecified atom stereocenters. The number of anilines is 1. The van der Waals surface area contributed by atoms with Gasteiger partial charge in [-0.05, 0) is 61.4 Å². The van der Waals surface area contributed by atoms with Gasteiger partial charge in [0.1, 0.15) is 5.76 Å². The molecule has 0 amide bonds. The highest BCUT2D eigenvalue weighted by atomic mass is 35.5. The van der Waals surface area contributed by atoms with Crippen molar-refractivity contribution < 1.29 is 12.8 Å². The molecule has 0 saturated heterocycles. The number of sulfonamides is 1. The van der Waals surface area contributed by atoms with Crippen LogP contribution in [0.1, 0.15) is 23.8 Å². The van der Waals surface area contributed by atoms with E-state index in [1.165, 1.54) is 6.26 Å². The molecule has 0 saturated carbocycles. The Balaban J connectivity index is 1.67. The molecular formula is C20H20ClN3O3S. The standard InChI is InChI=1S/C20H20ClN3O3S/c1-14-5-8-17(12-20(14)21)24-23-15(2)16-6-9-19(10-7-16)28(25,26)22-13-18-4-3-11-27-18/h3-12,22,24H,13H2,1-2H3/b23-15+. The summed E-state index contributed by atoms with van der Waals surface area (Å²) in [4.78, 5) is 0.175. The summed E-state index contributed by atoms with van der Waals surface area (Å²) in [6.07, 6.45) is 1.50. The Morgan fingerprint density at radius 2 is 1.89 bits per heavy atom. The van der Waals surface area contributed by atoms with E-state index in [2.05, 4.69) is 15.2 Å². The molecule has 0 aliphatic rings. The molecule has 28 heavy (non-hydrogen) atoms. The van der Waals surface area contributed by atoms with E-state index in [4.69, 9.17) is 16.0 Å². The first-order chi connectivity index (χ1) is 13.3. The van der Waals surface area contributed by atoms with Crippen molar-refractivity contribution in [2.24, 2.45) is 5.10 Å². The second-order valence-corrected chi connectivity index (χ2v) is 8.38. The van der Waals surface area contributed by atoms with E-state index in [0.717, 1.165) is 16.8 Å². The molecule has 2 aromatic carbocycles. The van der Waals surface area contributed by atoms with Crippen molar-refractivity contribution in [3.63, 3.8) is 0 Å². The Morgan fingerprint density at radius 3 is 2.54 bits per heavy atom. The van der Waals surface area contributed by atoms with Crippen LogP contribution in [0.25, 0.3) is 0 Å². The molecule has 146 valence electrons. The number of furan rings is 1. The van der Waals surface area contributed by atoms with Crippen LogP contribution in [0.5, 0.6) is 0 Å². The molecule has 8 heteroatoms. The molecule has 2 N–H and O–H groups in total. The first-order valence-corrected chi connectivity index (χ1v) is 10.4. The molecule has 1 aromatic heterocycles. The summed E-state index contributed by atoms with van der Waals surface area (Å²) in [6, 6.07) is 15.5. The van der Waals surface area contributed by atoms with E-state index in [0.29, 0.717) is 16.5 Å². The molecule has 3 aromatic rings. The highest BCUT2D eigenvalue weighted by molar-refractivity contribution is 7.89. The monoisotopic (exact) mass is 417 g/mol. The van der Waals surface area contributed by atoms with Crippen LogP contribution in [0.2, 0.25) is 5.02 Å². The fourth-order valence-electron chi connectivity index (χ4n) is 2.41. The number of nitrogens with one attached hydrogen (secondary N) is 2. The summed E-state index contributed by atoms with van der Waals surface area (Å²) in [6.45, 7) is 3.86. The number of halogens is 1. The number of hydrogen-bond acceptors (Lipinski definition) is 5. The maximum atomic E-state index is 12.4. The van der Waals surface area contributed by atoms with Crippen molar-refractivity contribution in [1.29, 1.82) is 0 Å². The maximum Gasteiger partial charge on any atom is 0.240 e. The maximum absolute atomic E-state index is 12.4. The molecule has 6 nitrogen and oxygen atoms in total. The van der Waals surface area contributed by atoms with Gasteiger partial charge in [-0.25, -0.2) is 13.1 Å². The molecule has 0 atom stereocenters. The van der Waals surface area contributed by atoms with E-state index in [1.807, 2.05) is 26.0 Å². The minimum atomic E-state index is -3.62. The molecule has 3 rings (SSSR count). The lowest BCUT2D eigenvalue weighted by atomic mass is 10.1. The summed E-state index contributed by atoms with van der Waals surface area (Å²) < 4.78 is 32.4. The number of nitrogens with zero attached hydrogens (tertiary/aromatic N) is 1. The third-order valence-corrected chi connectivity index (χ3v) is 5.95. The SMILES string of the molecule is C/C(=N\Nc1ccc(C)c(Cl)c1)c1ccc(S(=O)(=O)NCc2ccco2)cc1. The van der Waals surface area contributed by atoms with Crippen LogP contribution in [0.15, 0.2) is 75.3 Å². The molecule has 0 bridgehead atoms. The quantitative estimate of drug-likeness (QED) is 0.436. The van der Waals surface area contributed by atoms with Gasteiger partial charge < -0.3 is 4.42 Å². The van der Waals surface area contributed by atoms with E-state index < -0.39 is 10.0 Å². The zero-order chi connectivity index (χ0) is 20.1. The van der Waals surface area contributed by atoms with Gasteiger partial charge in [-0.1, -0.05) is 29.8 Å². The number of aryl methyl sites for hydroxylation is 1. The lowest BCUT2D eigenvalue weighted by Crippen LogP contribution is -2.23. The fourth-order valence-corrected chi connectivity index (χ4v) is 3.59. The normalized spacial score (nSPS) is 12.2. The number of benzene rings is 2. The van der Waals surface area contributed by atoms with Gasteiger partial charge in [0.25, 0.3) is 0 Å². The third-order valence-electron chi connectivity index (χ3n) is 4.12. The van der Waals surface area contributed by atoms with Crippen molar-refractivity contribution in [3.8, 4) is 0 Å². The fraction of sp³-hybridized carbons (Fsp3) is 0.150. The Kier molecular flexibility index (Phi) is 6.18. The van der Waals surface area contributed by atoms with Crippen molar-refractivity contribution in [2.45, 2.75) is 25.3 Å². The number of hydrazone groups is 1. The smallest absolute Gasteiger partial charge is 0.240 e. The van der Waals surface area contributed by atoms with E-state index in [9.17, 15) is 8.42 Å². The predicted octanol–water partition coefficient (Wildman–Crippen LogP) is 4.56. The van der Waals surface area contributed by atoms with Gasteiger partial charge in [0.2, 0.25) is 10.0 Å². The van der Waals surface area contributed by atoms with Gasteiger partial charge in [0.05, 0.1) is 29.1 Å². The predicted molar refractivity (Wildman–Crippen MR) is 111 cm³/mol. The molecule has 0 radical (unpaired) electrons. The van der Waals surface area contributed by atoms with Gasteiger partial charge in [-0.2, -0.15) is 5.10 Å². The molecule has 0 fully saturated rings. The van der Waals surface area contributed by atoms with Crippen molar-refractivity contribution in [1.82, 2.24) is 4.72 Å². The average Bonchev–Trinajstić information content (AvgIpc) is 3.21. The Labute approximate surface area is 169 Å². The Morgan fingerprint density at radius 1 is 1.14 bits per heavy atom. The Bertz CT molecular complexity index is 1080. The van der Waals surface area contributed by atoms with Crippen LogP contribution in [-0.2, 0) is 16.6 Å². The number of hydrogen-bond donors (Lipinski definition) is 2. The third kappa shape index (κ3) is 5.01. The summed E-state index contributed by atoms with van der Waals surface area (Å²) in [7, 11) is -3.62. The lowest BCUT2D eigenvalue weighted by molar-refractivity contribution is 0.498. The van der Waals surface area contributed by atoms with E-state index >= 15 is 0 Å². The number of rotatable bonds is 7. The molecule has 0 aliphatic heterocycles. The average molecular weight is 418 g/mol. The zero-order valence-corrected chi connectivity index (χ0v) is 17.0. The summed E-state index contributed by atoms with van der Waals surface area (Å²) in [5, 5.41) is 4.99. The van der Waals surface area contributed by atoms with Gasteiger partial charge in [-0.3, -0.25) is 5.43 Å². The largest absolute Gasteiger partial charge is 0.468 e. The Hall–Kier alpha value is -2.61. The summed E-state index contributed by atoms with van der Waals surface area (Å²) in [5.74, 6) is 0.547. The molecule has 0 spiro atoms. The van der Waals surface area contributed by atoms with Gasteiger partial charge in [0.15, 0.2) is 0 Å². The highest BCUT2D eigenvalue weighted by Crippen LogP contribution is 2.20. The second kappa shape index (κ2) is 8.60. The molecular weight excluding hydrogens is 398 g/mol. The van der Waals surface area contributed by atoms with Crippen LogP contribution in [0, 0.1) is 6.92 Å². The van der Waals surface area contributed by atoms with E-state index in [-0.39, 0.29) is 11.4 Å². The van der Waals surface area contributed by atoms with Crippen LogP contribution in [-0.4, -0.2) is 14.1 Å². The summed E-state index contributed by atoms with van der Waals surface area (Å²) in [5.41, 5.74) is 6.23.